The minimum atomic E-state index is 0.464. The lowest BCUT2D eigenvalue weighted by Gasteiger charge is -2.23. The maximum absolute atomic E-state index is 5.87. The lowest BCUT2D eigenvalue weighted by molar-refractivity contribution is 0.502. The summed E-state index contributed by atoms with van der Waals surface area (Å²) in [6, 6.07) is 3.85. The Hall–Kier alpha value is -1.88. The lowest BCUT2D eigenvalue weighted by atomic mass is 10.1. The van der Waals surface area contributed by atoms with Gasteiger partial charge >= 0.3 is 0 Å². The summed E-state index contributed by atoms with van der Waals surface area (Å²) in [5, 5.41) is 8.52. The molecule has 0 saturated heterocycles. The van der Waals surface area contributed by atoms with Crippen LogP contribution in [-0.2, 0) is 13.1 Å². The molecule has 0 radical (unpaired) electrons. The highest BCUT2D eigenvalue weighted by molar-refractivity contribution is 5.50. The molecule has 2 heterocycles. The van der Waals surface area contributed by atoms with Gasteiger partial charge in [0.2, 0.25) is 0 Å². The van der Waals surface area contributed by atoms with Gasteiger partial charge in [0.25, 0.3) is 0 Å². The number of anilines is 1. The van der Waals surface area contributed by atoms with Crippen LogP contribution in [0.25, 0.3) is 0 Å². The minimum absolute atomic E-state index is 0.464. The molecule has 19 heavy (non-hydrogen) atoms. The van der Waals surface area contributed by atoms with E-state index in [1.54, 1.807) is 6.26 Å². The van der Waals surface area contributed by atoms with Crippen molar-refractivity contribution in [2.45, 2.75) is 33.9 Å². The molecule has 0 fully saturated rings. The zero-order valence-electron chi connectivity index (χ0n) is 11.7. The molecule has 0 aromatic carbocycles. The third-order valence-corrected chi connectivity index (χ3v) is 3.37. The van der Waals surface area contributed by atoms with E-state index in [0.29, 0.717) is 13.1 Å². The molecule has 0 bridgehead atoms. The molecule has 0 aliphatic rings. The summed E-state index contributed by atoms with van der Waals surface area (Å²) in [7, 11) is 0. The molecule has 0 saturated carbocycles. The van der Waals surface area contributed by atoms with Crippen molar-refractivity contribution in [3.8, 4) is 0 Å². The Labute approximate surface area is 113 Å². The number of hydrogen-bond acceptors (Lipinski definition) is 5. The van der Waals surface area contributed by atoms with Crippen LogP contribution in [0.3, 0.4) is 0 Å². The van der Waals surface area contributed by atoms with Crippen molar-refractivity contribution < 1.29 is 4.42 Å². The number of furan rings is 1. The van der Waals surface area contributed by atoms with E-state index in [0.717, 1.165) is 34.9 Å². The van der Waals surface area contributed by atoms with E-state index >= 15 is 0 Å². The van der Waals surface area contributed by atoms with Crippen LogP contribution in [0.1, 0.15) is 29.5 Å². The highest BCUT2D eigenvalue weighted by atomic mass is 16.3. The van der Waals surface area contributed by atoms with E-state index in [1.807, 2.05) is 26.0 Å². The van der Waals surface area contributed by atoms with Crippen LogP contribution in [0.4, 0.5) is 5.82 Å². The zero-order chi connectivity index (χ0) is 13.8. The van der Waals surface area contributed by atoms with Crippen molar-refractivity contribution in [3.63, 3.8) is 0 Å². The maximum Gasteiger partial charge on any atom is 0.156 e. The fourth-order valence-corrected chi connectivity index (χ4v) is 2.07. The number of aromatic nitrogens is 2. The highest BCUT2D eigenvalue weighted by Crippen LogP contribution is 2.23. The van der Waals surface area contributed by atoms with E-state index in [2.05, 4.69) is 22.0 Å². The third-order valence-electron chi connectivity index (χ3n) is 3.37. The normalized spacial score (nSPS) is 10.7. The standard InChI is InChI=1S/C14H20N4O/c1-4-18(9-12-6-5-7-19-12)14-13(8-15)10(2)11(3)16-17-14/h5-7H,4,8-9,15H2,1-3H3. The Morgan fingerprint density at radius 2 is 2.11 bits per heavy atom. The number of nitrogens with two attached hydrogens (primary N) is 1. The molecular formula is C14H20N4O. The predicted octanol–water partition coefficient (Wildman–Crippen LogP) is 2.17. The summed E-state index contributed by atoms with van der Waals surface area (Å²) in [6.45, 7) is 8.04. The van der Waals surface area contributed by atoms with E-state index in [9.17, 15) is 0 Å². The Bertz CT molecular complexity index is 537. The molecule has 0 amide bonds. The number of hydrogen-bond donors (Lipinski definition) is 1. The van der Waals surface area contributed by atoms with Crippen molar-refractivity contribution in [2.24, 2.45) is 5.73 Å². The fraction of sp³-hybridized carbons (Fsp3) is 0.429. The second-order valence-electron chi connectivity index (χ2n) is 4.51. The van der Waals surface area contributed by atoms with E-state index < -0.39 is 0 Å². The summed E-state index contributed by atoms with van der Waals surface area (Å²) in [5.41, 5.74) is 8.97. The summed E-state index contributed by atoms with van der Waals surface area (Å²) in [6.07, 6.45) is 1.68. The van der Waals surface area contributed by atoms with Crippen LogP contribution < -0.4 is 10.6 Å². The first kappa shape index (κ1) is 13.5. The van der Waals surface area contributed by atoms with Crippen LogP contribution in [0.15, 0.2) is 22.8 Å². The van der Waals surface area contributed by atoms with E-state index in [4.69, 9.17) is 10.2 Å². The zero-order valence-corrected chi connectivity index (χ0v) is 11.7. The largest absolute Gasteiger partial charge is 0.467 e. The average Bonchev–Trinajstić information content (AvgIpc) is 2.92. The Morgan fingerprint density at radius 3 is 2.68 bits per heavy atom. The van der Waals surface area contributed by atoms with Crippen LogP contribution in [-0.4, -0.2) is 16.7 Å². The molecule has 5 nitrogen and oxygen atoms in total. The van der Waals surface area contributed by atoms with Crippen LogP contribution in [0.5, 0.6) is 0 Å². The molecule has 0 aliphatic heterocycles. The van der Waals surface area contributed by atoms with Crippen LogP contribution >= 0.6 is 0 Å². The van der Waals surface area contributed by atoms with Crippen LogP contribution in [0.2, 0.25) is 0 Å². The van der Waals surface area contributed by atoms with Gasteiger partial charge in [0.1, 0.15) is 5.76 Å². The lowest BCUT2D eigenvalue weighted by Crippen LogP contribution is -2.26. The molecule has 0 atom stereocenters. The van der Waals surface area contributed by atoms with E-state index in [-0.39, 0.29) is 0 Å². The summed E-state index contributed by atoms with van der Waals surface area (Å²) < 4.78 is 5.39. The van der Waals surface area contributed by atoms with E-state index in [1.165, 1.54) is 0 Å². The second kappa shape index (κ2) is 5.84. The number of rotatable bonds is 5. The minimum Gasteiger partial charge on any atom is -0.467 e. The Kier molecular flexibility index (Phi) is 4.16. The van der Waals surface area contributed by atoms with Crippen LogP contribution in [0, 0.1) is 13.8 Å². The van der Waals surface area contributed by atoms with Gasteiger partial charge in [0, 0.05) is 18.7 Å². The molecular weight excluding hydrogens is 240 g/mol. The van der Waals surface area contributed by atoms with Crippen molar-refractivity contribution in [1.82, 2.24) is 10.2 Å². The first-order valence-electron chi connectivity index (χ1n) is 6.47. The quantitative estimate of drug-likeness (QED) is 0.892. The van der Waals surface area contributed by atoms with Crippen molar-refractivity contribution in [3.05, 3.63) is 41.0 Å². The van der Waals surface area contributed by atoms with Gasteiger partial charge in [-0.2, -0.15) is 5.10 Å². The van der Waals surface area contributed by atoms with Gasteiger partial charge in [-0.25, -0.2) is 0 Å². The first-order chi connectivity index (χ1) is 9.17. The molecule has 0 aliphatic carbocycles. The summed E-state index contributed by atoms with van der Waals surface area (Å²) in [5.74, 6) is 1.76. The Morgan fingerprint density at radius 1 is 1.32 bits per heavy atom. The maximum atomic E-state index is 5.87. The second-order valence-corrected chi connectivity index (χ2v) is 4.51. The summed E-state index contributed by atoms with van der Waals surface area (Å²) in [4.78, 5) is 2.13. The third kappa shape index (κ3) is 2.76. The Balaban J connectivity index is 2.35. The fourth-order valence-electron chi connectivity index (χ4n) is 2.07. The average molecular weight is 260 g/mol. The molecule has 102 valence electrons. The summed E-state index contributed by atoms with van der Waals surface area (Å²) >= 11 is 0. The molecule has 2 rings (SSSR count). The predicted molar refractivity (Wildman–Crippen MR) is 74.8 cm³/mol. The van der Waals surface area contributed by atoms with Crippen molar-refractivity contribution >= 4 is 5.82 Å². The van der Waals surface area contributed by atoms with Gasteiger partial charge in [0.15, 0.2) is 5.82 Å². The monoisotopic (exact) mass is 260 g/mol. The van der Waals surface area contributed by atoms with Crippen molar-refractivity contribution in [2.75, 3.05) is 11.4 Å². The first-order valence-corrected chi connectivity index (χ1v) is 6.47. The van der Waals surface area contributed by atoms with Gasteiger partial charge in [-0.3, -0.25) is 0 Å². The number of aryl methyl sites for hydroxylation is 1. The van der Waals surface area contributed by atoms with Gasteiger partial charge in [-0.1, -0.05) is 0 Å². The highest BCUT2D eigenvalue weighted by Gasteiger charge is 2.16. The van der Waals surface area contributed by atoms with Crippen molar-refractivity contribution in [1.29, 1.82) is 0 Å². The molecule has 2 N–H and O–H groups in total. The molecule has 2 aromatic rings. The molecule has 0 spiro atoms. The number of nitrogens with zero attached hydrogens (tertiary/aromatic N) is 3. The molecule has 2 aromatic heterocycles. The SMILES string of the molecule is CCN(Cc1ccco1)c1nnc(C)c(C)c1CN. The topological polar surface area (TPSA) is 68.2 Å². The molecule has 5 heteroatoms. The van der Waals surface area contributed by atoms with Gasteiger partial charge < -0.3 is 15.1 Å². The van der Waals surface area contributed by atoms with Gasteiger partial charge in [-0.05, 0) is 38.5 Å². The smallest absolute Gasteiger partial charge is 0.156 e. The van der Waals surface area contributed by atoms with Gasteiger partial charge in [-0.15, -0.1) is 5.10 Å². The van der Waals surface area contributed by atoms with Gasteiger partial charge in [0.05, 0.1) is 18.5 Å². The molecule has 0 unspecified atom stereocenters.